The number of hydrogen-bond donors (Lipinski definition) is 2. The fraction of sp³-hybridized carbons (Fsp3) is 0.533. The maximum absolute atomic E-state index is 12.8. The number of nitrogens with zero attached hydrogens (tertiary/aromatic N) is 2. The molecule has 0 aliphatic carbocycles. The van der Waals surface area contributed by atoms with Gasteiger partial charge in [-0.05, 0) is 36.6 Å². The number of carbonyl (C=O) groups is 1. The maximum Gasteiger partial charge on any atom is 0.327 e. The van der Waals surface area contributed by atoms with Crippen molar-refractivity contribution in [2.24, 2.45) is 0 Å². The second kappa shape index (κ2) is 6.33. The number of carboxylic acids is 1. The molecule has 1 aromatic carbocycles. The lowest BCUT2D eigenvalue weighted by atomic mass is 10.1. The van der Waals surface area contributed by atoms with Crippen molar-refractivity contribution in [3.05, 3.63) is 23.8 Å². The third-order valence-corrected chi connectivity index (χ3v) is 6.88. The van der Waals surface area contributed by atoms with Crippen LogP contribution in [0.15, 0.2) is 23.1 Å². The summed E-state index contributed by atoms with van der Waals surface area (Å²) in [6.07, 6.45) is 4.15. The minimum absolute atomic E-state index is 0.242. The highest BCUT2D eigenvalue weighted by Gasteiger charge is 2.34. The number of fused-ring (bicyclic) bond motifs is 1. The van der Waals surface area contributed by atoms with Crippen LogP contribution in [0.4, 0.5) is 5.69 Å². The van der Waals surface area contributed by atoms with Crippen molar-refractivity contribution in [1.29, 1.82) is 0 Å². The predicted molar refractivity (Wildman–Crippen MR) is 90.3 cm³/mol. The second-order valence-corrected chi connectivity index (χ2v) is 8.38. The van der Waals surface area contributed by atoms with Gasteiger partial charge in [-0.25, -0.2) is 13.2 Å². The van der Waals surface area contributed by atoms with Crippen LogP contribution in [0.2, 0.25) is 0 Å². The van der Waals surface area contributed by atoms with Crippen LogP contribution in [0, 0.1) is 0 Å². The Morgan fingerprint density at radius 2 is 1.83 bits per heavy atom. The van der Waals surface area contributed by atoms with Gasteiger partial charge in [0.15, 0.2) is 0 Å². The van der Waals surface area contributed by atoms with Gasteiger partial charge in [0.05, 0.1) is 10.6 Å². The molecule has 1 unspecified atom stereocenters. The minimum Gasteiger partial charge on any atom is -0.480 e. The molecule has 1 atom stereocenters. The zero-order valence-corrected chi connectivity index (χ0v) is 14.4. The van der Waals surface area contributed by atoms with Gasteiger partial charge in [-0.3, -0.25) is 0 Å². The lowest BCUT2D eigenvalue weighted by Gasteiger charge is -2.20. The van der Waals surface area contributed by atoms with Crippen LogP contribution in [-0.4, -0.2) is 42.9 Å². The Kier molecular flexibility index (Phi) is 4.57. The molecule has 126 valence electrons. The van der Waals surface area contributed by atoms with Crippen molar-refractivity contribution in [2.45, 2.75) is 43.0 Å². The van der Waals surface area contributed by atoms with Crippen molar-refractivity contribution in [3.8, 4) is 0 Å². The van der Waals surface area contributed by atoms with E-state index in [1.807, 2.05) is 0 Å². The van der Waals surface area contributed by atoms with Crippen molar-refractivity contribution in [2.75, 3.05) is 17.4 Å². The second-order valence-electron chi connectivity index (χ2n) is 6.01. The Morgan fingerprint density at radius 1 is 1.17 bits per heavy atom. The van der Waals surface area contributed by atoms with Gasteiger partial charge >= 0.3 is 5.97 Å². The fourth-order valence-electron chi connectivity index (χ4n) is 3.20. The highest BCUT2D eigenvalue weighted by atomic mass is 32.2. The van der Waals surface area contributed by atoms with E-state index in [1.165, 1.54) is 4.31 Å². The number of carboxylic acid groups (broad SMARTS) is 1. The molecule has 0 saturated carbocycles. The summed E-state index contributed by atoms with van der Waals surface area (Å²) < 4.78 is 28.6. The van der Waals surface area contributed by atoms with E-state index < -0.39 is 22.0 Å². The molecule has 0 bridgehead atoms. The number of anilines is 1. The number of rotatable bonds is 3. The molecule has 0 aromatic heterocycles. The smallest absolute Gasteiger partial charge is 0.327 e. The van der Waals surface area contributed by atoms with E-state index in [-0.39, 0.29) is 11.3 Å². The van der Waals surface area contributed by atoms with Gasteiger partial charge in [0.2, 0.25) is 10.0 Å². The maximum atomic E-state index is 12.8. The zero-order chi connectivity index (χ0) is 16.6. The summed E-state index contributed by atoms with van der Waals surface area (Å²) in [5, 5.41) is 9.20. The Hall–Kier alpha value is -1.25. The molecular weight excluding hydrogens is 336 g/mol. The van der Waals surface area contributed by atoms with Crippen molar-refractivity contribution in [1.82, 2.24) is 4.31 Å². The van der Waals surface area contributed by atoms with Crippen LogP contribution >= 0.6 is 12.8 Å². The Balaban J connectivity index is 1.91. The van der Waals surface area contributed by atoms with Crippen molar-refractivity contribution >= 4 is 34.5 Å². The summed E-state index contributed by atoms with van der Waals surface area (Å²) in [6.45, 7) is 1.10. The molecule has 23 heavy (non-hydrogen) atoms. The molecule has 6 nitrogen and oxygen atoms in total. The lowest BCUT2D eigenvalue weighted by molar-refractivity contribution is -0.138. The molecule has 0 spiro atoms. The third-order valence-electron chi connectivity index (χ3n) is 4.49. The molecule has 2 aliphatic heterocycles. The monoisotopic (exact) mass is 356 g/mol. The highest BCUT2D eigenvalue weighted by molar-refractivity contribution is 7.89. The van der Waals surface area contributed by atoms with Gasteiger partial charge in [0.25, 0.3) is 0 Å². The van der Waals surface area contributed by atoms with Crippen LogP contribution in [0.3, 0.4) is 0 Å². The number of thiol groups is 1. The zero-order valence-electron chi connectivity index (χ0n) is 12.7. The van der Waals surface area contributed by atoms with Gasteiger partial charge in [-0.1, -0.05) is 25.7 Å². The molecule has 1 N–H and O–H groups in total. The minimum atomic E-state index is -3.52. The average Bonchev–Trinajstić information content (AvgIpc) is 2.69. The first-order valence-corrected chi connectivity index (χ1v) is 9.59. The fourth-order valence-corrected chi connectivity index (χ4v) is 5.14. The summed E-state index contributed by atoms with van der Waals surface area (Å²) >= 11 is 4.22. The van der Waals surface area contributed by atoms with Crippen LogP contribution in [0.5, 0.6) is 0 Å². The van der Waals surface area contributed by atoms with Crippen LogP contribution in [0.25, 0.3) is 0 Å². The van der Waals surface area contributed by atoms with E-state index in [0.717, 1.165) is 25.7 Å². The first-order chi connectivity index (χ1) is 10.9. The van der Waals surface area contributed by atoms with Gasteiger partial charge in [0.1, 0.15) is 6.04 Å². The molecular formula is C15H20N2O4S2. The number of benzene rings is 1. The number of aliphatic carboxylic acids is 1. The molecule has 1 aromatic rings. The quantitative estimate of drug-likeness (QED) is 0.809. The number of sulfonamides is 1. The number of hydrogen-bond acceptors (Lipinski definition) is 5. The largest absolute Gasteiger partial charge is 0.480 e. The summed E-state index contributed by atoms with van der Waals surface area (Å²) in [7, 11) is -3.52. The first-order valence-electron chi connectivity index (χ1n) is 7.75. The van der Waals surface area contributed by atoms with E-state index in [2.05, 4.69) is 12.8 Å². The first kappa shape index (κ1) is 16.6. The summed E-state index contributed by atoms with van der Waals surface area (Å²) in [6, 6.07) is 4.04. The molecule has 1 saturated heterocycles. The Morgan fingerprint density at radius 3 is 2.43 bits per heavy atom. The highest BCUT2D eigenvalue weighted by Crippen LogP contribution is 2.36. The van der Waals surface area contributed by atoms with Gasteiger partial charge in [-0.2, -0.15) is 4.31 Å². The van der Waals surface area contributed by atoms with Crippen LogP contribution in [-0.2, 0) is 21.2 Å². The van der Waals surface area contributed by atoms with Crippen molar-refractivity contribution in [3.63, 3.8) is 0 Å². The van der Waals surface area contributed by atoms with E-state index in [4.69, 9.17) is 0 Å². The van der Waals surface area contributed by atoms with Gasteiger partial charge < -0.3 is 9.41 Å². The Bertz CT molecular complexity index is 712. The molecule has 3 rings (SSSR count). The lowest BCUT2D eigenvalue weighted by Crippen LogP contribution is -2.31. The molecule has 2 heterocycles. The van der Waals surface area contributed by atoms with Crippen LogP contribution in [0.1, 0.15) is 31.2 Å². The topological polar surface area (TPSA) is 77.9 Å². The Labute approximate surface area is 141 Å². The van der Waals surface area contributed by atoms with Gasteiger partial charge in [0, 0.05) is 19.5 Å². The molecule has 0 amide bonds. The predicted octanol–water partition coefficient (Wildman–Crippen LogP) is 1.91. The van der Waals surface area contributed by atoms with E-state index in [9.17, 15) is 18.3 Å². The van der Waals surface area contributed by atoms with Crippen LogP contribution < -0.4 is 4.31 Å². The molecule has 0 radical (unpaired) electrons. The third kappa shape index (κ3) is 3.07. The summed E-state index contributed by atoms with van der Waals surface area (Å²) in [5.74, 6) is -0.965. The normalized spacial score (nSPS) is 22.7. The summed E-state index contributed by atoms with van der Waals surface area (Å²) in [5.41, 5.74) is 1.37. The van der Waals surface area contributed by atoms with Gasteiger partial charge in [-0.15, -0.1) is 0 Å². The average molecular weight is 356 g/mol. The summed E-state index contributed by atoms with van der Waals surface area (Å²) in [4.78, 5) is 11.5. The standard InChI is InChI=1S/C15H20N2O4S2/c18-15(19)14-10-11-9-12(5-6-13(11)17(14)22)23(20,21)16-7-3-1-2-4-8-16/h5-6,9,14,22H,1-4,7-8,10H2,(H,18,19). The van der Waals surface area contributed by atoms with Crippen molar-refractivity contribution < 1.29 is 18.3 Å². The molecule has 1 fully saturated rings. The van der Waals surface area contributed by atoms with E-state index >= 15 is 0 Å². The SMILES string of the molecule is O=C(O)C1Cc2cc(S(=O)(=O)N3CCCCCC3)ccc2N1S. The van der Waals surface area contributed by atoms with E-state index in [1.54, 1.807) is 22.5 Å². The molecule has 2 aliphatic rings. The van der Waals surface area contributed by atoms with E-state index in [0.29, 0.717) is 24.3 Å². The molecule has 8 heteroatoms.